The second-order valence-corrected chi connectivity index (χ2v) is 6.21. The van der Waals surface area contributed by atoms with E-state index in [0.29, 0.717) is 0 Å². The third kappa shape index (κ3) is 4.02. The predicted molar refractivity (Wildman–Crippen MR) is 82.5 cm³/mol. The molecule has 1 atom stereocenters. The number of nitrogens with zero attached hydrogens (tertiary/aromatic N) is 1. The van der Waals surface area contributed by atoms with Gasteiger partial charge < -0.3 is 15.3 Å². The number of halogens is 1. The van der Waals surface area contributed by atoms with Gasteiger partial charge in [-0.2, -0.15) is 0 Å². The quantitative estimate of drug-likeness (QED) is 0.891. The topological polar surface area (TPSA) is 35.5 Å². The van der Waals surface area contributed by atoms with Gasteiger partial charge in [-0.1, -0.05) is 22.0 Å². The molecule has 1 aliphatic rings. The molecule has 0 radical (unpaired) electrons. The Bertz CT molecular complexity index is 430. The van der Waals surface area contributed by atoms with E-state index in [1.807, 2.05) is 0 Å². The first-order valence-corrected chi connectivity index (χ1v) is 7.75. The van der Waals surface area contributed by atoms with E-state index in [9.17, 15) is 5.11 Å². The van der Waals surface area contributed by atoms with Gasteiger partial charge in [0.2, 0.25) is 0 Å². The maximum atomic E-state index is 10.4. The predicted octanol–water partition coefficient (Wildman–Crippen LogP) is 2.39. The van der Waals surface area contributed by atoms with Gasteiger partial charge in [-0.25, -0.2) is 0 Å². The van der Waals surface area contributed by atoms with Gasteiger partial charge in [-0.05, 0) is 43.0 Å². The largest absolute Gasteiger partial charge is 0.388 e. The third-order valence-corrected chi connectivity index (χ3v) is 4.69. The Morgan fingerprint density at radius 3 is 2.63 bits per heavy atom. The van der Waals surface area contributed by atoms with Crippen LogP contribution in [0.2, 0.25) is 0 Å². The fraction of sp³-hybridized carbons (Fsp3) is 0.600. The summed E-state index contributed by atoms with van der Waals surface area (Å²) in [6, 6.07) is 4.19. The van der Waals surface area contributed by atoms with Gasteiger partial charge >= 0.3 is 0 Å². The highest BCUT2D eigenvalue weighted by molar-refractivity contribution is 9.10. The van der Waals surface area contributed by atoms with Gasteiger partial charge in [0.05, 0.1) is 6.10 Å². The summed E-state index contributed by atoms with van der Waals surface area (Å²) in [5.74, 6) is 0. The van der Waals surface area contributed by atoms with Crippen molar-refractivity contribution in [1.82, 2.24) is 10.2 Å². The first-order valence-electron chi connectivity index (χ1n) is 6.95. The van der Waals surface area contributed by atoms with E-state index in [4.69, 9.17) is 0 Å². The Hall–Kier alpha value is -0.420. The van der Waals surface area contributed by atoms with Gasteiger partial charge in [-0.3, -0.25) is 0 Å². The summed E-state index contributed by atoms with van der Waals surface area (Å²) >= 11 is 3.53. The second-order valence-electron chi connectivity index (χ2n) is 5.35. The fourth-order valence-electron chi connectivity index (χ4n) is 2.56. The summed E-state index contributed by atoms with van der Waals surface area (Å²) in [6.07, 6.45) is 0.448. The number of aliphatic hydroxyl groups is 1. The summed E-state index contributed by atoms with van der Waals surface area (Å²) in [7, 11) is 0. The monoisotopic (exact) mass is 326 g/mol. The molecule has 2 rings (SSSR count). The molecule has 1 unspecified atom stereocenters. The van der Waals surface area contributed by atoms with Gasteiger partial charge in [0.15, 0.2) is 0 Å². The second kappa shape index (κ2) is 6.84. The van der Waals surface area contributed by atoms with Crippen molar-refractivity contribution in [3.05, 3.63) is 33.3 Å². The molecule has 1 aromatic carbocycles. The maximum Gasteiger partial charge on any atom is 0.0804 e. The number of aliphatic hydroxyl groups excluding tert-OH is 1. The minimum absolute atomic E-state index is 0.360. The van der Waals surface area contributed by atoms with Gasteiger partial charge in [-0.15, -0.1) is 0 Å². The van der Waals surface area contributed by atoms with Crippen LogP contribution < -0.4 is 5.32 Å². The minimum Gasteiger partial charge on any atom is -0.388 e. The molecule has 0 aliphatic carbocycles. The number of piperazine rings is 1. The lowest BCUT2D eigenvalue weighted by Gasteiger charge is -2.28. The van der Waals surface area contributed by atoms with Crippen LogP contribution >= 0.6 is 15.9 Å². The molecule has 4 heteroatoms. The molecule has 0 bridgehead atoms. The molecule has 19 heavy (non-hydrogen) atoms. The van der Waals surface area contributed by atoms with E-state index in [1.165, 1.54) is 5.56 Å². The van der Waals surface area contributed by atoms with Crippen LogP contribution in [0, 0.1) is 13.8 Å². The molecule has 0 amide bonds. The highest BCUT2D eigenvalue weighted by Crippen LogP contribution is 2.27. The van der Waals surface area contributed by atoms with Crippen LogP contribution in [0.1, 0.15) is 29.2 Å². The maximum absolute atomic E-state index is 10.4. The lowest BCUT2D eigenvalue weighted by atomic mass is 9.98. The first kappa shape index (κ1) is 15.0. The van der Waals surface area contributed by atoms with Crippen molar-refractivity contribution in [3.8, 4) is 0 Å². The fourth-order valence-corrected chi connectivity index (χ4v) is 3.02. The van der Waals surface area contributed by atoms with Gasteiger partial charge in [0, 0.05) is 37.2 Å². The molecular weight excluding hydrogens is 304 g/mol. The molecule has 0 aromatic heterocycles. The average molecular weight is 327 g/mol. The highest BCUT2D eigenvalue weighted by Gasteiger charge is 2.15. The van der Waals surface area contributed by atoms with Crippen molar-refractivity contribution < 1.29 is 5.11 Å². The van der Waals surface area contributed by atoms with Crippen LogP contribution in [0.3, 0.4) is 0 Å². The molecule has 1 fully saturated rings. The Balaban J connectivity index is 1.95. The summed E-state index contributed by atoms with van der Waals surface area (Å²) in [6.45, 7) is 9.40. The van der Waals surface area contributed by atoms with E-state index in [-0.39, 0.29) is 6.10 Å². The Morgan fingerprint density at radius 2 is 1.95 bits per heavy atom. The zero-order valence-corrected chi connectivity index (χ0v) is 13.3. The van der Waals surface area contributed by atoms with Gasteiger partial charge in [0.25, 0.3) is 0 Å². The lowest BCUT2D eigenvalue weighted by Crippen LogP contribution is -2.44. The molecule has 1 aliphatic heterocycles. The Kier molecular flexibility index (Phi) is 5.39. The van der Waals surface area contributed by atoms with Crippen LogP contribution in [-0.2, 0) is 0 Å². The highest BCUT2D eigenvalue weighted by atomic mass is 79.9. The molecule has 1 saturated heterocycles. The van der Waals surface area contributed by atoms with Crippen LogP contribution in [0.15, 0.2) is 16.6 Å². The van der Waals surface area contributed by atoms with Crippen LogP contribution in [-0.4, -0.2) is 42.7 Å². The van der Waals surface area contributed by atoms with Crippen LogP contribution in [0.4, 0.5) is 0 Å². The van der Waals surface area contributed by atoms with Crippen LogP contribution in [0.5, 0.6) is 0 Å². The molecule has 3 nitrogen and oxygen atoms in total. The number of rotatable bonds is 4. The first-order chi connectivity index (χ1) is 9.08. The molecule has 2 N–H and O–H groups in total. The normalized spacial score (nSPS) is 18.5. The third-order valence-electron chi connectivity index (χ3n) is 3.83. The van der Waals surface area contributed by atoms with E-state index < -0.39 is 0 Å². The molecule has 0 spiro atoms. The van der Waals surface area contributed by atoms with Crippen molar-refractivity contribution in [2.75, 3.05) is 32.7 Å². The number of hydrogen-bond donors (Lipinski definition) is 2. The molecule has 0 saturated carbocycles. The number of benzene rings is 1. The van der Waals surface area contributed by atoms with Crippen LogP contribution in [0.25, 0.3) is 0 Å². The van der Waals surface area contributed by atoms with Crippen molar-refractivity contribution in [1.29, 1.82) is 0 Å². The zero-order chi connectivity index (χ0) is 13.8. The van der Waals surface area contributed by atoms with E-state index in [0.717, 1.165) is 54.7 Å². The molecule has 1 aromatic rings. The standard InChI is InChI=1S/C15H23BrN2O/c1-11-10-14(16)12(2)9-13(11)15(19)3-6-18-7-4-17-5-8-18/h9-10,15,17,19H,3-8H2,1-2H3. The van der Waals surface area contributed by atoms with Crippen molar-refractivity contribution in [2.24, 2.45) is 0 Å². The summed E-state index contributed by atoms with van der Waals surface area (Å²) in [4.78, 5) is 2.42. The van der Waals surface area contributed by atoms with E-state index >= 15 is 0 Å². The minimum atomic E-state index is -0.360. The van der Waals surface area contributed by atoms with Gasteiger partial charge in [0.1, 0.15) is 0 Å². The van der Waals surface area contributed by atoms with Crippen molar-refractivity contribution >= 4 is 15.9 Å². The average Bonchev–Trinajstić information content (AvgIpc) is 2.41. The number of aryl methyl sites for hydroxylation is 2. The molecule has 1 heterocycles. The summed E-state index contributed by atoms with van der Waals surface area (Å²) < 4.78 is 1.11. The summed E-state index contributed by atoms with van der Waals surface area (Å²) in [5.41, 5.74) is 3.41. The number of hydrogen-bond acceptors (Lipinski definition) is 3. The Morgan fingerprint density at radius 1 is 1.26 bits per heavy atom. The summed E-state index contributed by atoms with van der Waals surface area (Å²) in [5, 5.41) is 13.7. The number of nitrogens with one attached hydrogen (secondary N) is 1. The zero-order valence-electron chi connectivity index (χ0n) is 11.7. The van der Waals surface area contributed by atoms with E-state index in [1.54, 1.807) is 0 Å². The molecule has 106 valence electrons. The van der Waals surface area contributed by atoms with E-state index in [2.05, 4.69) is 52.1 Å². The van der Waals surface area contributed by atoms with Crippen molar-refractivity contribution in [3.63, 3.8) is 0 Å². The smallest absolute Gasteiger partial charge is 0.0804 e. The SMILES string of the molecule is Cc1cc(C(O)CCN2CCNCC2)c(C)cc1Br. The Labute approximate surface area is 124 Å². The lowest BCUT2D eigenvalue weighted by molar-refractivity contribution is 0.136. The van der Waals surface area contributed by atoms with Crippen molar-refractivity contribution in [2.45, 2.75) is 26.4 Å². The molecular formula is C15H23BrN2O.